The molecule has 0 saturated heterocycles. The lowest BCUT2D eigenvalue weighted by Gasteiger charge is -2.17. The van der Waals surface area contributed by atoms with Crippen LogP contribution in [0.25, 0.3) is 0 Å². The Morgan fingerprint density at radius 3 is 2.46 bits per heavy atom. The minimum absolute atomic E-state index is 0.0806. The number of carbonyl (C=O) groups is 2. The normalized spacial score (nSPS) is 12.9. The van der Waals surface area contributed by atoms with Gasteiger partial charge in [0.15, 0.2) is 0 Å². The standard InChI is InChI=1S/C19H26N4O3/c1-5-13(2)21-18(24)14(3)22-19(25)15-6-8-16(9-7-15)26-12-17-20-10-11-23(17)4/h6-11,13-14H,5,12H2,1-4H3,(H,21,24)(H,22,25). The minimum atomic E-state index is -0.601. The largest absolute Gasteiger partial charge is 0.486 e. The van der Waals surface area contributed by atoms with E-state index >= 15 is 0 Å². The van der Waals surface area contributed by atoms with E-state index < -0.39 is 6.04 Å². The van der Waals surface area contributed by atoms with E-state index in [4.69, 9.17) is 4.74 Å². The van der Waals surface area contributed by atoms with E-state index in [1.165, 1.54) is 0 Å². The number of ether oxygens (including phenoxy) is 1. The molecule has 0 fully saturated rings. The van der Waals surface area contributed by atoms with Crippen LogP contribution in [0.15, 0.2) is 36.7 Å². The molecule has 2 rings (SSSR count). The molecule has 2 aromatic rings. The number of hydrogen-bond donors (Lipinski definition) is 2. The zero-order chi connectivity index (χ0) is 19.1. The summed E-state index contributed by atoms with van der Waals surface area (Å²) in [6, 6.07) is 6.27. The number of nitrogens with one attached hydrogen (secondary N) is 2. The topological polar surface area (TPSA) is 85.2 Å². The summed E-state index contributed by atoms with van der Waals surface area (Å²) in [5, 5.41) is 5.55. The minimum Gasteiger partial charge on any atom is -0.486 e. The Morgan fingerprint density at radius 2 is 1.88 bits per heavy atom. The zero-order valence-electron chi connectivity index (χ0n) is 15.7. The van der Waals surface area contributed by atoms with E-state index in [0.717, 1.165) is 12.2 Å². The van der Waals surface area contributed by atoms with Gasteiger partial charge >= 0.3 is 0 Å². The number of benzene rings is 1. The van der Waals surface area contributed by atoms with Gasteiger partial charge in [-0.25, -0.2) is 4.98 Å². The van der Waals surface area contributed by atoms with Crippen molar-refractivity contribution in [3.8, 4) is 5.75 Å². The molecule has 0 saturated carbocycles. The fraction of sp³-hybridized carbons (Fsp3) is 0.421. The molecule has 2 amide bonds. The molecule has 1 aromatic carbocycles. The summed E-state index contributed by atoms with van der Waals surface area (Å²) in [7, 11) is 1.90. The van der Waals surface area contributed by atoms with E-state index in [9.17, 15) is 9.59 Å². The van der Waals surface area contributed by atoms with E-state index in [-0.39, 0.29) is 17.9 Å². The lowest BCUT2D eigenvalue weighted by Crippen LogP contribution is -2.47. The van der Waals surface area contributed by atoms with Gasteiger partial charge in [-0.2, -0.15) is 0 Å². The third kappa shape index (κ3) is 5.34. The highest BCUT2D eigenvalue weighted by atomic mass is 16.5. The lowest BCUT2D eigenvalue weighted by atomic mass is 10.2. The summed E-state index contributed by atoms with van der Waals surface area (Å²) in [4.78, 5) is 28.5. The Kier molecular flexibility index (Phi) is 6.77. The lowest BCUT2D eigenvalue weighted by molar-refractivity contribution is -0.123. The maximum atomic E-state index is 12.3. The molecular weight excluding hydrogens is 332 g/mol. The average molecular weight is 358 g/mol. The van der Waals surface area contributed by atoms with Crippen LogP contribution < -0.4 is 15.4 Å². The van der Waals surface area contributed by atoms with Crippen molar-refractivity contribution in [1.29, 1.82) is 0 Å². The van der Waals surface area contributed by atoms with Gasteiger partial charge in [0.2, 0.25) is 5.91 Å². The van der Waals surface area contributed by atoms with Gasteiger partial charge in [0.25, 0.3) is 5.91 Å². The van der Waals surface area contributed by atoms with E-state index in [1.54, 1.807) is 37.4 Å². The number of carbonyl (C=O) groups excluding carboxylic acids is 2. The number of aromatic nitrogens is 2. The Morgan fingerprint density at radius 1 is 1.19 bits per heavy atom. The third-order valence-corrected chi connectivity index (χ3v) is 4.15. The van der Waals surface area contributed by atoms with Crippen LogP contribution in [-0.2, 0) is 18.4 Å². The second-order valence-corrected chi connectivity index (χ2v) is 6.28. The first-order valence-corrected chi connectivity index (χ1v) is 8.71. The number of amides is 2. The molecule has 140 valence electrons. The number of rotatable bonds is 8. The van der Waals surface area contributed by atoms with Crippen LogP contribution in [0.5, 0.6) is 5.75 Å². The van der Waals surface area contributed by atoms with Crippen LogP contribution in [-0.4, -0.2) is 33.4 Å². The predicted molar refractivity (Wildman–Crippen MR) is 98.8 cm³/mol. The Balaban J connectivity index is 1.87. The molecular formula is C19H26N4O3. The average Bonchev–Trinajstić information content (AvgIpc) is 3.05. The van der Waals surface area contributed by atoms with Crippen molar-refractivity contribution in [1.82, 2.24) is 20.2 Å². The van der Waals surface area contributed by atoms with Gasteiger partial charge in [-0.15, -0.1) is 0 Å². The summed E-state index contributed by atoms with van der Waals surface area (Å²) >= 11 is 0. The third-order valence-electron chi connectivity index (χ3n) is 4.15. The van der Waals surface area contributed by atoms with Crippen molar-refractivity contribution in [2.75, 3.05) is 0 Å². The molecule has 7 heteroatoms. The van der Waals surface area contributed by atoms with E-state index in [1.807, 2.05) is 31.7 Å². The quantitative estimate of drug-likeness (QED) is 0.756. The molecule has 0 aliphatic heterocycles. The van der Waals surface area contributed by atoms with E-state index in [2.05, 4.69) is 15.6 Å². The van der Waals surface area contributed by atoms with Crippen molar-refractivity contribution < 1.29 is 14.3 Å². The monoisotopic (exact) mass is 358 g/mol. The van der Waals surface area contributed by atoms with Gasteiger partial charge in [0.05, 0.1) is 0 Å². The summed E-state index contributed by atoms with van der Waals surface area (Å²) in [5.74, 6) is 0.968. The van der Waals surface area contributed by atoms with Crippen molar-refractivity contribution in [2.24, 2.45) is 7.05 Å². The van der Waals surface area contributed by atoms with Crippen molar-refractivity contribution >= 4 is 11.8 Å². The van der Waals surface area contributed by atoms with Gasteiger partial charge in [-0.05, 0) is 44.5 Å². The Bertz CT molecular complexity index is 739. The Hall–Kier alpha value is -2.83. The van der Waals surface area contributed by atoms with Crippen LogP contribution in [0.4, 0.5) is 0 Å². The zero-order valence-corrected chi connectivity index (χ0v) is 15.7. The van der Waals surface area contributed by atoms with Gasteiger partial charge in [0, 0.05) is 31.0 Å². The summed E-state index contributed by atoms with van der Waals surface area (Å²) < 4.78 is 7.54. The first kappa shape index (κ1) is 19.5. The van der Waals surface area contributed by atoms with Crippen molar-refractivity contribution in [2.45, 2.75) is 45.9 Å². The highest BCUT2D eigenvalue weighted by Crippen LogP contribution is 2.14. The highest BCUT2D eigenvalue weighted by molar-refractivity contribution is 5.97. The van der Waals surface area contributed by atoms with Gasteiger partial charge in [-0.3, -0.25) is 9.59 Å². The predicted octanol–water partition coefficient (Wildman–Crippen LogP) is 2.03. The van der Waals surface area contributed by atoms with Gasteiger partial charge < -0.3 is 19.9 Å². The van der Waals surface area contributed by atoms with Crippen molar-refractivity contribution in [3.05, 3.63) is 48.0 Å². The SMILES string of the molecule is CCC(C)NC(=O)C(C)NC(=O)c1ccc(OCc2nccn2C)cc1. The fourth-order valence-electron chi connectivity index (χ4n) is 2.20. The first-order valence-electron chi connectivity index (χ1n) is 8.71. The van der Waals surface area contributed by atoms with Crippen LogP contribution >= 0.6 is 0 Å². The molecule has 2 atom stereocenters. The van der Waals surface area contributed by atoms with Gasteiger partial charge in [0.1, 0.15) is 24.2 Å². The first-order chi connectivity index (χ1) is 12.4. The second kappa shape index (κ2) is 9.03. The van der Waals surface area contributed by atoms with Crippen LogP contribution in [0.3, 0.4) is 0 Å². The molecule has 0 spiro atoms. The van der Waals surface area contributed by atoms with Crippen molar-refractivity contribution in [3.63, 3.8) is 0 Å². The molecule has 26 heavy (non-hydrogen) atoms. The molecule has 0 aliphatic rings. The molecule has 2 unspecified atom stereocenters. The van der Waals surface area contributed by atoms with Crippen LogP contribution in [0, 0.1) is 0 Å². The maximum absolute atomic E-state index is 12.3. The molecule has 0 aliphatic carbocycles. The summed E-state index contributed by atoms with van der Waals surface area (Å²) in [6.07, 6.45) is 4.40. The molecule has 7 nitrogen and oxygen atoms in total. The molecule has 0 bridgehead atoms. The Labute approximate surface area is 153 Å². The smallest absolute Gasteiger partial charge is 0.251 e. The fourth-order valence-corrected chi connectivity index (χ4v) is 2.20. The van der Waals surface area contributed by atoms with Gasteiger partial charge in [-0.1, -0.05) is 6.92 Å². The summed E-state index contributed by atoms with van der Waals surface area (Å²) in [6.45, 7) is 5.93. The maximum Gasteiger partial charge on any atom is 0.251 e. The highest BCUT2D eigenvalue weighted by Gasteiger charge is 2.17. The number of hydrogen-bond acceptors (Lipinski definition) is 4. The molecule has 1 heterocycles. The molecule has 2 N–H and O–H groups in total. The summed E-state index contributed by atoms with van der Waals surface area (Å²) in [5.41, 5.74) is 0.470. The number of aryl methyl sites for hydroxylation is 1. The number of imidazole rings is 1. The number of nitrogens with zero attached hydrogens (tertiary/aromatic N) is 2. The molecule has 1 aromatic heterocycles. The molecule has 0 radical (unpaired) electrons. The van der Waals surface area contributed by atoms with Crippen LogP contribution in [0.1, 0.15) is 43.4 Å². The van der Waals surface area contributed by atoms with E-state index in [0.29, 0.717) is 17.9 Å². The second-order valence-electron chi connectivity index (χ2n) is 6.28. The van der Waals surface area contributed by atoms with Crippen LogP contribution in [0.2, 0.25) is 0 Å².